The molecule has 1 fully saturated rings. The van der Waals surface area contributed by atoms with Gasteiger partial charge in [0.25, 0.3) is 0 Å². The molecule has 1 aliphatic rings. The standard InChI is InChI=1S/C13H18FN3O.ClH/c1-10-8-15-6-7-17(10)9-13(18)16-12-5-3-2-4-11(12)14;/h2-5,10,15H,6-9H2,1H3,(H,16,18);1H. The molecule has 2 N–H and O–H groups in total. The van der Waals surface area contributed by atoms with Gasteiger partial charge in [0.1, 0.15) is 5.82 Å². The van der Waals surface area contributed by atoms with Crippen LogP contribution in [-0.4, -0.2) is 43.0 Å². The molecule has 0 saturated carbocycles. The molecule has 0 radical (unpaired) electrons. The summed E-state index contributed by atoms with van der Waals surface area (Å²) in [7, 11) is 0. The van der Waals surface area contributed by atoms with Gasteiger partial charge in [-0.1, -0.05) is 12.1 Å². The fourth-order valence-corrected chi connectivity index (χ4v) is 2.05. The molecule has 1 aliphatic heterocycles. The van der Waals surface area contributed by atoms with Gasteiger partial charge < -0.3 is 10.6 Å². The summed E-state index contributed by atoms with van der Waals surface area (Å²) < 4.78 is 13.4. The third-order valence-corrected chi connectivity index (χ3v) is 3.13. The molecule has 1 amide bonds. The van der Waals surface area contributed by atoms with E-state index in [1.165, 1.54) is 6.07 Å². The summed E-state index contributed by atoms with van der Waals surface area (Å²) in [5.74, 6) is -0.576. The van der Waals surface area contributed by atoms with E-state index in [1.54, 1.807) is 18.2 Å². The van der Waals surface area contributed by atoms with E-state index >= 15 is 0 Å². The fourth-order valence-electron chi connectivity index (χ4n) is 2.05. The number of benzene rings is 1. The van der Waals surface area contributed by atoms with E-state index in [2.05, 4.69) is 22.5 Å². The molecule has 1 heterocycles. The minimum atomic E-state index is -0.404. The van der Waals surface area contributed by atoms with Gasteiger partial charge in [0, 0.05) is 25.7 Å². The molecule has 6 heteroatoms. The number of carbonyl (C=O) groups excluding carboxylic acids is 1. The zero-order valence-electron chi connectivity index (χ0n) is 10.9. The number of halogens is 2. The number of para-hydroxylation sites is 1. The Labute approximate surface area is 118 Å². The number of anilines is 1. The highest BCUT2D eigenvalue weighted by Crippen LogP contribution is 2.12. The second-order valence-corrected chi connectivity index (χ2v) is 4.55. The molecular formula is C13H19ClFN3O. The molecule has 1 atom stereocenters. The van der Waals surface area contributed by atoms with Crippen molar-refractivity contribution in [3.63, 3.8) is 0 Å². The predicted octanol–water partition coefficient (Wildman–Crippen LogP) is 1.48. The van der Waals surface area contributed by atoms with Gasteiger partial charge in [0.15, 0.2) is 0 Å². The third kappa shape index (κ3) is 4.45. The molecule has 4 nitrogen and oxygen atoms in total. The largest absolute Gasteiger partial charge is 0.322 e. The Morgan fingerprint density at radius 3 is 2.95 bits per heavy atom. The zero-order valence-corrected chi connectivity index (χ0v) is 11.7. The SMILES string of the molecule is CC1CNCCN1CC(=O)Nc1ccccc1F.Cl. The number of hydrogen-bond acceptors (Lipinski definition) is 3. The number of carbonyl (C=O) groups is 1. The summed E-state index contributed by atoms with van der Waals surface area (Å²) in [6.45, 7) is 4.98. The Morgan fingerprint density at radius 1 is 1.53 bits per heavy atom. The van der Waals surface area contributed by atoms with E-state index in [9.17, 15) is 9.18 Å². The van der Waals surface area contributed by atoms with Gasteiger partial charge in [-0.15, -0.1) is 12.4 Å². The van der Waals surface area contributed by atoms with Crippen LogP contribution in [0.4, 0.5) is 10.1 Å². The van der Waals surface area contributed by atoms with E-state index < -0.39 is 5.82 Å². The highest BCUT2D eigenvalue weighted by atomic mass is 35.5. The maximum Gasteiger partial charge on any atom is 0.238 e. The molecule has 0 aliphatic carbocycles. The van der Waals surface area contributed by atoms with Crippen LogP contribution < -0.4 is 10.6 Å². The normalized spacial score (nSPS) is 19.6. The number of rotatable bonds is 3. The van der Waals surface area contributed by atoms with Crippen LogP contribution in [0.3, 0.4) is 0 Å². The fraction of sp³-hybridized carbons (Fsp3) is 0.462. The molecular weight excluding hydrogens is 269 g/mol. The Bertz CT molecular complexity index is 430. The molecule has 1 aromatic rings. The van der Waals surface area contributed by atoms with Crippen molar-refractivity contribution in [3.05, 3.63) is 30.1 Å². The van der Waals surface area contributed by atoms with Crippen LogP contribution in [0.25, 0.3) is 0 Å². The van der Waals surface area contributed by atoms with E-state index in [1.807, 2.05) is 0 Å². The quantitative estimate of drug-likeness (QED) is 0.885. The van der Waals surface area contributed by atoms with Gasteiger partial charge in [0.2, 0.25) is 5.91 Å². The van der Waals surface area contributed by atoms with Crippen LogP contribution >= 0.6 is 12.4 Å². The van der Waals surface area contributed by atoms with E-state index in [0.717, 1.165) is 19.6 Å². The summed E-state index contributed by atoms with van der Waals surface area (Å²) in [5, 5.41) is 5.87. The molecule has 2 rings (SSSR count). The Morgan fingerprint density at radius 2 is 2.26 bits per heavy atom. The number of nitrogens with one attached hydrogen (secondary N) is 2. The number of amides is 1. The topological polar surface area (TPSA) is 44.4 Å². The minimum Gasteiger partial charge on any atom is -0.322 e. The zero-order chi connectivity index (χ0) is 13.0. The van der Waals surface area contributed by atoms with Gasteiger partial charge in [0.05, 0.1) is 12.2 Å². The van der Waals surface area contributed by atoms with Crippen molar-refractivity contribution >= 4 is 24.0 Å². The van der Waals surface area contributed by atoms with Gasteiger partial charge in [-0.25, -0.2) is 4.39 Å². The molecule has 0 spiro atoms. The van der Waals surface area contributed by atoms with Gasteiger partial charge in [-0.05, 0) is 19.1 Å². The highest BCUT2D eigenvalue weighted by Gasteiger charge is 2.20. The number of nitrogens with zero attached hydrogens (tertiary/aromatic N) is 1. The van der Waals surface area contributed by atoms with Crippen LogP contribution in [0.15, 0.2) is 24.3 Å². The molecule has 0 bridgehead atoms. The molecule has 0 aromatic heterocycles. The van der Waals surface area contributed by atoms with Crippen molar-refractivity contribution in [1.82, 2.24) is 10.2 Å². The van der Waals surface area contributed by atoms with Crippen LogP contribution in [0, 0.1) is 5.82 Å². The average Bonchev–Trinajstić information content (AvgIpc) is 2.35. The molecule has 19 heavy (non-hydrogen) atoms. The molecule has 1 unspecified atom stereocenters. The molecule has 106 valence electrons. The van der Waals surface area contributed by atoms with Crippen molar-refractivity contribution in [1.29, 1.82) is 0 Å². The second kappa shape index (κ2) is 7.43. The van der Waals surface area contributed by atoms with Crippen LogP contribution in [0.1, 0.15) is 6.92 Å². The second-order valence-electron chi connectivity index (χ2n) is 4.55. The van der Waals surface area contributed by atoms with Gasteiger partial charge in [-0.3, -0.25) is 9.69 Å². The maximum atomic E-state index is 13.4. The van der Waals surface area contributed by atoms with Crippen molar-refractivity contribution in [3.8, 4) is 0 Å². The Kier molecular flexibility index (Phi) is 6.21. The first-order valence-corrected chi connectivity index (χ1v) is 6.16. The summed E-state index contributed by atoms with van der Waals surface area (Å²) >= 11 is 0. The van der Waals surface area contributed by atoms with Crippen molar-refractivity contribution < 1.29 is 9.18 Å². The average molecular weight is 288 g/mol. The lowest BCUT2D eigenvalue weighted by Crippen LogP contribution is -2.52. The summed E-state index contributed by atoms with van der Waals surface area (Å²) in [4.78, 5) is 13.9. The lowest BCUT2D eigenvalue weighted by molar-refractivity contribution is -0.118. The Hall–Kier alpha value is -1.17. The van der Waals surface area contributed by atoms with Crippen molar-refractivity contribution in [2.24, 2.45) is 0 Å². The lowest BCUT2D eigenvalue weighted by Gasteiger charge is -2.33. The lowest BCUT2D eigenvalue weighted by atomic mass is 10.2. The van der Waals surface area contributed by atoms with E-state index in [-0.39, 0.29) is 24.0 Å². The van der Waals surface area contributed by atoms with Crippen molar-refractivity contribution in [2.45, 2.75) is 13.0 Å². The Balaban J connectivity index is 0.00000180. The van der Waals surface area contributed by atoms with Crippen LogP contribution in [0.5, 0.6) is 0 Å². The van der Waals surface area contributed by atoms with Gasteiger partial charge in [-0.2, -0.15) is 0 Å². The summed E-state index contributed by atoms with van der Waals surface area (Å²) in [6, 6.07) is 6.53. The highest BCUT2D eigenvalue weighted by molar-refractivity contribution is 5.92. The third-order valence-electron chi connectivity index (χ3n) is 3.13. The first-order chi connectivity index (χ1) is 8.66. The van der Waals surface area contributed by atoms with Crippen LogP contribution in [0.2, 0.25) is 0 Å². The molecule has 1 saturated heterocycles. The molecule has 1 aromatic carbocycles. The smallest absolute Gasteiger partial charge is 0.238 e. The monoisotopic (exact) mass is 287 g/mol. The summed E-state index contributed by atoms with van der Waals surface area (Å²) in [6.07, 6.45) is 0. The van der Waals surface area contributed by atoms with Crippen molar-refractivity contribution in [2.75, 3.05) is 31.5 Å². The van der Waals surface area contributed by atoms with Gasteiger partial charge >= 0.3 is 0 Å². The maximum absolute atomic E-state index is 13.4. The number of hydrogen-bond donors (Lipinski definition) is 2. The van der Waals surface area contributed by atoms with E-state index in [4.69, 9.17) is 0 Å². The predicted molar refractivity (Wildman–Crippen MR) is 76.2 cm³/mol. The number of piperazine rings is 1. The minimum absolute atomic E-state index is 0. The first-order valence-electron chi connectivity index (χ1n) is 6.16. The first kappa shape index (κ1) is 15.9. The van der Waals surface area contributed by atoms with E-state index in [0.29, 0.717) is 12.6 Å². The van der Waals surface area contributed by atoms with Crippen LogP contribution in [-0.2, 0) is 4.79 Å². The summed E-state index contributed by atoms with van der Waals surface area (Å²) in [5.41, 5.74) is 0.241.